The van der Waals surface area contributed by atoms with Crippen molar-refractivity contribution in [3.63, 3.8) is 0 Å². The average Bonchev–Trinajstić information content (AvgIpc) is 3.32. The van der Waals surface area contributed by atoms with Crippen LogP contribution in [0.25, 0.3) is 10.8 Å². The van der Waals surface area contributed by atoms with E-state index in [1.807, 2.05) is 50.2 Å². The number of carbonyl (C=O) groups is 3. The van der Waals surface area contributed by atoms with Gasteiger partial charge in [-0.1, -0.05) is 126 Å². The van der Waals surface area contributed by atoms with Gasteiger partial charge < -0.3 is 4.74 Å². The lowest BCUT2D eigenvalue weighted by molar-refractivity contribution is 0.0989. The lowest BCUT2D eigenvalue weighted by Crippen LogP contribution is -2.29. The van der Waals surface area contributed by atoms with Gasteiger partial charge in [0.25, 0.3) is 0 Å². The molecule has 16 heteroatoms. The molecule has 0 radical (unpaired) electrons. The number of carbonyl (C=O) groups excluding carboxylic acids is 3. The second-order valence-corrected chi connectivity index (χ2v) is 19.7. The van der Waals surface area contributed by atoms with E-state index in [4.69, 9.17) is 4.74 Å². The summed E-state index contributed by atoms with van der Waals surface area (Å²) >= 11 is 0. The van der Waals surface area contributed by atoms with Crippen molar-refractivity contribution < 1.29 is 44.4 Å². The van der Waals surface area contributed by atoms with Crippen LogP contribution >= 0.6 is 0 Å². The van der Waals surface area contributed by atoms with Gasteiger partial charge in [-0.15, -0.1) is 0 Å². The van der Waals surface area contributed by atoms with Crippen LogP contribution in [0.3, 0.4) is 0 Å². The van der Waals surface area contributed by atoms with Crippen LogP contribution in [0, 0.1) is 13.8 Å². The first-order valence-corrected chi connectivity index (χ1v) is 24.4. The fourth-order valence-electron chi connectivity index (χ4n) is 6.01. The van der Waals surface area contributed by atoms with E-state index in [1.54, 1.807) is 115 Å². The third kappa shape index (κ3) is 14.7. The van der Waals surface area contributed by atoms with Gasteiger partial charge in [-0.25, -0.2) is 39.4 Å². The van der Waals surface area contributed by atoms with Gasteiger partial charge in [-0.2, -0.15) is 0 Å². The van der Waals surface area contributed by atoms with E-state index in [1.165, 1.54) is 31.4 Å². The van der Waals surface area contributed by atoms with Gasteiger partial charge in [0.15, 0.2) is 17.3 Å². The molecule has 0 spiro atoms. The number of benzene rings is 7. The second-order valence-electron chi connectivity index (χ2n) is 14.3. The van der Waals surface area contributed by atoms with Crippen molar-refractivity contribution in [3.8, 4) is 5.75 Å². The van der Waals surface area contributed by atoms with E-state index >= 15 is 0 Å². The minimum atomic E-state index is -3.74. The van der Waals surface area contributed by atoms with Crippen LogP contribution in [0.2, 0.25) is 0 Å². The molecular weight excluding hydrogens is 887 g/mol. The number of fused-ring (bicyclic) bond motifs is 1. The van der Waals surface area contributed by atoms with Crippen LogP contribution in [0.15, 0.2) is 191 Å². The van der Waals surface area contributed by atoms with Crippen LogP contribution < -0.4 is 18.9 Å². The SMILES string of the molecule is COc1cccc(C(=O)CNS(=O)(=O)c2ccccc2)c1.Cc1cccc(C(=O)CNS(=O)(=O)c2ccc3ccccc3c2)c1.Cc1cccc(C(=O)CNS(=O)(=O)c2ccccc2)c1. The van der Waals surface area contributed by atoms with Crippen molar-refractivity contribution in [2.24, 2.45) is 0 Å². The van der Waals surface area contributed by atoms with Gasteiger partial charge in [0.05, 0.1) is 41.4 Å². The van der Waals surface area contributed by atoms with Gasteiger partial charge in [-0.05, 0) is 85.3 Å². The normalized spacial score (nSPS) is 11.3. The molecule has 0 atom stereocenters. The molecule has 0 amide bonds. The topological polar surface area (TPSA) is 199 Å². The molecule has 7 aromatic carbocycles. The minimum Gasteiger partial charge on any atom is -0.497 e. The molecule has 65 heavy (non-hydrogen) atoms. The van der Waals surface area contributed by atoms with E-state index in [-0.39, 0.29) is 51.7 Å². The molecule has 0 aromatic heterocycles. The first kappa shape index (κ1) is 49.4. The molecule has 0 aliphatic carbocycles. The molecule has 0 heterocycles. The third-order valence-corrected chi connectivity index (χ3v) is 13.7. The molecule has 0 aliphatic rings. The van der Waals surface area contributed by atoms with Gasteiger partial charge >= 0.3 is 0 Å². The lowest BCUT2D eigenvalue weighted by atomic mass is 10.1. The molecule has 0 saturated carbocycles. The second kappa shape index (κ2) is 22.8. The highest BCUT2D eigenvalue weighted by Crippen LogP contribution is 2.19. The van der Waals surface area contributed by atoms with Crippen molar-refractivity contribution in [2.45, 2.75) is 28.5 Å². The molecular formula is C49H47N3O10S3. The Hall–Kier alpha value is -6.66. The van der Waals surface area contributed by atoms with E-state index in [9.17, 15) is 39.6 Å². The molecule has 0 aliphatic heterocycles. The standard InChI is InChI=1S/C19H17NO3S.C15H15NO4S.C15H15NO3S/c1-14-5-4-8-17(11-14)19(21)13-20-24(22,23)18-10-9-15-6-2-3-7-16(15)12-18;1-20-13-7-5-6-12(10-13)15(17)11-16-21(18,19)14-8-3-2-4-9-14;1-12-6-5-7-13(10-12)15(17)11-16-20(18,19)14-8-3-2-4-9-14/h2-12,20H,13H2,1H3;2-10,16H,11H2,1H3;2-10,16H,11H2,1H3. The number of rotatable bonds is 16. The molecule has 0 unspecified atom stereocenters. The Bertz CT molecular complexity index is 3110. The van der Waals surface area contributed by atoms with Crippen LogP contribution in [0.4, 0.5) is 0 Å². The van der Waals surface area contributed by atoms with E-state index in [2.05, 4.69) is 14.2 Å². The van der Waals surface area contributed by atoms with Crippen LogP contribution in [-0.2, 0) is 30.1 Å². The third-order valence-electron chi connectivity index (χ3n) is 9.48. The van der Waals surface area contributed by atoms with Crippen LogP contribution in [0.5, 0.6) is 5.75 Å². The van der Waals surface area contributed by atoms with Gasteiger partial charge in [-0.3, -0.25) is 14.4 Å². The van der Waals surface area contributed by atoms with Gasteiger partial charge in [0, 0.05) is 16.7 Å². The Labute approximate surface area is 379 Å². The average molecular weight is 934 g/mol. The zero-order valence-corrected chi connectivity index (χ0v) is 38.1. The summed E-state index contributed by atoms with van der Waals surface area (Å²) in [5.74, 6) is -0.295. The molecule has 0 fully saturated rings. The number of Topliss-reactive ketones (excluding diaryl/α,β-unsaturated/α-hetero) is 3. The van der Waals surface area contributed by atoms with Crippen LogP contribution in [-0.4, -0.2) is 69.3 Å². The quantitative estimate of drug-likeness (QED) is 0.0826. The molecule has 7 rings (SSSR count). The zero-order valence-electron chi connectivity index (χ0n) is 35.7. The Morgan fingerprint density at radius 3 is 1.22 bits per heavy atom. The predicted octanol–water partition coefficient (Wildman–Crippen LogP) is 7.32. The molecule has 336 valence electrons. The predicted molar refractivity (Wildman–Crippen MR) is 251 cm³/mol. The highest BCUT2D eigenvalue weighted by Gasteiger charge is 2.19. The number of ether oxygens (including phenoxy) is 1. The summed E-state index contributed by atoms with van der Waals surface area (Å²) in [6.45, 7) is 2.95. The molecule has 7 aromatic rings. The first-order chi connectivity index (χ1) is 31.0. The van der Waals surface area contributed by atoms with Crippen molar-refractivity contribution in [1.82, 2.24) is 14.2 Å². The Balaban J connectivity index is 0.000000184. The largest absolute Gasteiger partial charge is 0.497 e. The fourth-order valence-corrected chi connectivity index (χ4v) is 9.03. The molecule has 0 bridgehead atoms. The Morgan fingerprint density at radius 2 is 0.785 bits per heavy atom. The number of nitrogens with one attached hydrogen (secondary N) is 3. The molecule has 0 saturated heterocycles. The van der Waals surface area contributed by atoms with E-state index in [0.717, 1.165) is 21.9 Å². The number of methoxy groups -OCH3 is 1. The number of ketones is 3. The van der Waals surface area contributed by atoms with Crippen molar-refractivity contribution in [3.05, 3.63) is 204 Å². The van der Waals surface area contributed by atoms with Crippen molar-refractivity contribution in [2.75, 3.05) is 26.7 Å². The fraction of sp³-hybridized carbons (Fsp3) is 0.122. The lowest BCUT2D eigenvalue weighted by Gasteiger charge is -2.08. The van der Waals surface area contributed by atoms with Gasteiger partial charge in [0.2, 0.25) is 30.1 Å². The summed E-state index contributed by atoms with van der Waals surface area (Å²) in [7, 11) is -9.56. The number of hydrogen-bond donors (Lipinski definition) is 3. The molecule has 3 N–H and O–H groups in total. The highest BCUT2D eigenvalue weighted by molar-refractivity contribution is 7.90. The van der Waals surface area contributed by atoms with E-state index < -0.39 is 30.1 Å². The maximum atomic E-state index is 12.4. The highest BCUT2D eigenvalue weighted by atomic mass is 32.2. The smallest absolute Gasteiger partial charge is 0.241 e. The van der Waals surface area contributed by atoms with Crippen molar-refractivity contribution in [1.29, 1.82) is 0 Å². The number of hydrogen-bond acceptors (Lipinski definition) is 10. The monoisotopic (exact) mass is 933 g/mol. The summed E-state index contributed by atoms with van der Waals surface area (Å²) in [5.41, 5.74) is 3.31. The summed E-state index contributed by atoms with van der Waals surface area (Å²) in [5, 5.41) is 1.80. The first-order valence-electron chi connectivity index (χ1n) is 19.9. The van der Waals surface area contributed by atoms with Crippen molar-refractivity contribution >= 4 is 58.2 Å². The Kier molecular flexibility index (Phi) is 17.3. The van der Waals surface area contributed by atoms with Crippen LogP contribution in [0.1, 0.15) is 42.2 Å². The zero-order chi connectivity index (χ0) is 47.0. The minimum absolute atomic E-state index is 0.128. The summed E-state index contributed by atoms with van der Waals surface area (Å²) in [4.78, 5) is 36.5. The van der Waals surface area contributed by atoms with Gasteiger partial charge in [0.1, 0.15) is 5.75 Å². The van der Waals surface area contributed by atoms with E-state index in [0.29, 0.717) is 22.4 Å². The summed E-state index contributed by atoms with van der Waals surface area (Å²) < 4.78 is 84.8. The molecule has 13 nitrogen and oxygen atoms in total. The maximum absolute atomic E-state index is 12.4. The summed E-state index contributed by atoms with van der Waals surface area (Å²) in [6, 6.07) is 49.0. The maximum Gasteiger partial charge on any atom is 0.241 e. The Morgan fingerprint density at radius 1 is 0.400 bits per heavy atom. The number of aryl methyl sites for hydroxylation is 2. The summed E-state index contributed by atoms with van der Waals surface area (Å²) in [6.07, 6.45) is 0. The number of sulfonamides is 3.